The SMILES string of the molecule is CC(C)c1ccc(C(Cl)c2c(F)cccc2Cl)cc1. The molecular formula is C16H15Cl2F. The van der Waals surface area contributed by atoms with Gasteiger partial charge in [0.15, 0.2) is 0 Å². The van der Waals surface area contributed by atoms with Crippen molar-refractivity contribution in [3.05, 3.63) is 70.0 Å². The molecule has 0 heterocycles. The molecule has 0 aromatic heterocycles. The molecule has 2 aromatic carbocycles. The summed E-state index contributed by atoms with van der Waals surface area (Å²) in [6, 6.07) is 12.5. The van der Waals surface area contributed by atoms with E-state index in [1.807, 2.05) is 24.3 Å². The van der Waals surface area contributed by atoms with E-state index in [-0.39, 0.29) is 5.82 Å². The van der Waals surface area contributed by atoms with E-state index >= 15 is 0 Å². The third kappa shape index (κ3) is 3.10. The quantitative estimate of drug-likeness (QED) is 0.616. The monoisotopic (exact) mass is 296 g/mol. The van der Waals surface area contributed by atoms with E-state index in [2.05, 4.69) is 13.8 Å². The first kappa shape index (κ1) is 14.4. The number of alkyl halides is 1. The molecule has 0 N–H and O–H groups in total. The Labute approximate surface area is 123 Å². The topological polar surface area (TPSA) is 0 Å². The van der Waals surface area contributed by atoms with Crippen LogP contribution >= 0.6 is 23.2 Å². The molecule has 1 unspecified atom stereocenters. The molecule has 0 saturated carbocycles. The van der Waals surface area contributed by atoms with Gasteiger partial charge in [0.25, 0.3) is 0 Å². The standard InChI is InChI=1S/C16H15Cl2F/c1-10(2)11-6-8-12(9-7-11)16(18)15-13(17)4-3-5-14(15)19/h3-10,16H,1-2H3. The highest BCUT2D eigenvalue weighted by Crippen LogP contribution is 2.35. The van der Waals surface area contributed by atoms with Gasteiger partial charge in [-0.1, -0.05) is 55.8 Å². The molecule has 0 nitrogen and oxygen atoms in total. The molecule has 0 aliphatic heterocycles. The lowest BCUT2D eigenvalue weighted by Gasteiger charge is -2.14. The summed E-state index contributed by atoms with van der Waals surface area (Å²) in [7, 11) is 0. The number of benzene rings is 2. The first-order valence-corrected chi connectivity index (χ1v) is 7.00. The average molecular weight is 297 g/mol. The zero-order chi connectivity index (χ0) is 14.0. The lowest BCUT2D eigenvalue weighted by atomic mass is 9.98. The van der Waals surface area contributed by atoms with E-state index < -0.39 is 5.38 Å². The maximum atomic E-state index is 13.8. The first-order chi connectivity index (χ1) is 9.00. The zero-order valence-corrected chi connectivity index (χ0v) is 12.3. The normalized spacial score (nSPS) is 12.7. The molecule has 0 aliphatic carbocycles. The van der Waals surface area contributed by atoms with E-state index in [4.69, 9.17) is 23.2 Å². The fourth-order valence-electron chi connectivity index (χ4n) is 1.97. The fourth-order valence-corrected chi connectivity index (χ4v) is 2.66. The van der Waals surface area contributed by atoms with Gasteiger partial charge in [0, 0.05) is 10.6 Å². The Morgan fingerprint density at radius 3 is 2.05 bits per heavy atom. The summed E-state index contributed by atoms with van der Waals surface area (Å²) in [5.41, 5.74) is 2.41. The highest BCUT2D eigenvalue weighted by molar-refractivity contribution is 6.33. The Kier molecular flexibility index (Phi) is 4.49. The largest absolute Gasteiger partial charge is 0.207 e. The molecule has 0 amide bonds. The summed E-state index contributed by atoms with van der Waals surface area (Å²) in [6.45, 7) is 4.25. The van der Waals surface area contributed by atoms with E-state index in [1.54, 1.807) is 12.1 Å². The maximum Gasteiger partial charge on any atom is 0.129 e. The van der Waals surface area contributed by atoms with Crippen LogP contribution < -0.4 is 0 Å². The molecule has 19 heavy (non-hydrogen) atoms. The predicted octanol–water partition coefficient (Wildman–Crippen LogP) is 5.93. The molecule has 0 spiro atoms. The van der Waals surface area contributed by atoms with Gasteiger partial charge in [0.05, 0.1) is 5.38 Å². The van der Waals surface area contributed by atoms with Gasteiger partial charge in [-0.05, 0) is 29.2 Å². The van der Waals surface area contributed by atoms with E-state index in [1.165, 1.54) is 11.6 Å². The smallest absolute Gasteiger partial charge is 0.129 e. The van der Waals surface area contributed by atoms with Gasteiger partial charge in [-0.25, -0.2) is 4.39 Å². The van der Waals surface area contributed by atoms with Gasteiger partial charge in [0.1, 0.15) is 5.82 Å². The summed E-state index contributed by atoms with van der Waals surface area (Å²) in [5.74, 6) is 0.0836. The van der Waals surface area contributed by atoms with Crippen molar-refractivity contribution in [2.45, 2.75) is 25.1 Å². The molecule has 2 aromatic rings. The molecular weight excluding hydrogens is 282 g/mol. The molecule has 100 valence electrons. The molecule has 0 fully saturated rings. The van der Waals surface area contributed by atoms with Crippen LogP contribution in [0.5, 0.6) is 0 Å². The van der Waals surface area contributed by atoms with E-state index in [0.29, 0.717) is 16.5 Å². The van der Waals surface area contributed by atoms with Gasteiger partial charge in [-0.3, -0.25) is 0 Å². The van der Waals surface area contributed by atoms with Crippen molar-refractivity contribution >= 4 is 23.2 Å². The van der Waals surface area contributed by atoms with Crippen molar-refractivity contribution in [3.8, 4) is 0 Å². The summed E-state index contributed by atoms with van der Waals surface area (Å²) in [6.07, 6.45) is 0. The van der Waals surface area contributed by atoms with E-state index in [0.717, 1.165) is 5.56 Å². The van der Waals surface area contributed by atoms with Gasteiger partial charge in [-0.2, -0.15) is 0 Å². The number of hydrogen-bond donors (Lipinski definition) is 0. The third-order valence-electron chi connectivity index (χ3n) is 3.15. The molecule has 0 aliphatic rings. The Hall–Kier alpha value is -1.05. The molecule has 0 bridgehead atoms. The number of halogens is 3. The summed E-state index contributed by atoms with van der Waals surface area (Å²) < 4.78 is 13.8. The maximum absolute atomic E-state index is 13.8. The van der Waals surface area contributed by atoms with Crippen LogP contribution in [-0.2, 0) is 0 Å². The second kappa shape index (κ2) is 5.94. The van der Waals surface area contributed by atoms with Crippen molar-refractivity contribution in [1.29, 1.82) is 0 Å². The minimum absolute atomic E-state index is 0.336. The van der Waals surface area contributed by atoms with Gasteiger partial charge in [-0.15, -0.1) is 11.6 Å². The highest BCUT2D eigenvalue weighted by atomic mass is 35.5. The minimum atomic E-state index is -0.574. The minimum Gasteiger partial charge on any atom is -0.207 e. The summed E-state index contributed by atoms with van der Waals surface area (Å²) >= 11 is 12.4. The van der Waals surface area contributed by atoms with Crippen molar-refractivity contribution in [1.82, 2.24) is 0 Å². The molecule has 3 heteroatoms. The van der Waals surface area contributed by atoms with Crippen molar-refractivity contribution in [2.75, 3.05) is 0 Å². The van der Waals surface area contributed by atoms with Crippen LogP contribution in [0.15, 0.2) is 42.5 Å². The first-order valence-electron chi connectivity index (χ1n) is 6.18. The second-order valence-corrected chi connectivity index (χ2v) is 5.66. The lowest BCUT2D eigenvalue weighted by Crippen LogP contribution is -1.99. The number of rotatable bonds is 3. The van der Waals surface area contributed by atoms with Gasteiger partial charge in [0.2, 0.25) is 0 Å². The lowest BCUT2D eigenvalue weighted by molar-refractivity contribution is 0.612. The zero-order valence-electron chi connectivity index (χ0n) is 10.8. The van der Waals surface area contributed by atoms with Crippen LogP contribution in [0.4, 0.5) is 4.39 Å². The highest BCUT2D eigenvalue weighted by Gasteiger charge is 2.18. The Bertz CT molecular complexity index is 541. The van der Waals surface area contributed by atoms with Crippen LogP contribution in [-0.4, -0.2) is 0 Å². The van der Waals surface area contributed by atoms with E-state index in [9.17, 15) is 4.39 Å². The fraction of sp³-hybridized carbons (Fsp3) is 0.250. The second-order valence-electron chi connectivity index (χ2n) is 4.82. The molecule has 0 radical (unpaired) electrons. The van der Waals surface area contributed by atoms with Gasteiger partial charge >= 0.3 is 0 Å². The van der Waals surface area contributed by atoms with Crippen LogP contribution in [0.3, 0.4) is 0 Å². The number of hydrogen-bond acceptors (Lipinski definition) is 0. The molecule has 1 atom stereocenters. The van der Waals surface area contributed by atoms with Crippen LogP contribution in [0, 0.1) is 5.82 Å². The predicted molar refractivity (Wildman–Crippen MR) is 79.6 cm³/mol. The van der Waals surface area contributed by atoms with Crippen LogP contribution in [0.25, 0.3) is 0 Å². The Morgan fingerprint density at radius 2 is 1.53 bits per heavy atom. The van der Waals surface area contributed by atoms with Crippen molar-refractivity contribution in [3.63, 3.8) is 0 Å². The molecule has 0 saturated heterocycles. The summed E-state index contributed by atoms with van der Waals surface area (Å²) in [5, 5.41) is -0.220. The third-order valence-corrected chi connectivity index (χ3v) is 3.95. The average Bonchev–Trinajstić information content (AvgIpc) is 2.38. The van der Waals surface area contributed by atoms with Crippen molar-refractivity contribution in [2.24, 2.45) is 0 Å². The Morgan fingerprint density at radius 1 is 0.947 bits per heavy atom. The molecule has 2 rings (SSSR count). The van der Waals surface area contributed by atoms with Crippen LogP contribution in [0.1, 0.15) is 41.8 Å². The Balaban J connectivity index is 2.36. The van der Waals surface area contributed by atoms with Gasteiger partial charge < -0.3 is 0 Å². The summed E-state index contributed by atoms with van der Waals surface area (Å²) in [4.78, 5) is 0. The van der Waals surface area contributed by atoms with Crippen molar-refractivity contribution < 1.29 is 4.39 Å². The van der Waals surface area contributed by atoms with Crippen LogP contribution in [0.2, 0.25) is 5.02 Å².